The number of thiophene rings is 1. The second-order valence-corrected chi connectivity index (χ2v) is 10.4. The van der Waals surface area contributed by atoms with E-state index in [9.17, 15) is 14.4 Å². The van der Waals surface area contributed by atoms with Crippen LogP contribution in [0.25, 0.3) is 15.9 Å². The molecule has 0 saturated heterocycles. The lowest BCUT2D eigenvalue weighted by atomic mass is 10.0. The summed E-state index contributed by atoms with van der Waals surface area (Å²) in [7, 11) is 0. The Labute approximate surface area is 239 Å². The molecule has 1 fully saturated rings. The minimum atomic E-state index is -1.19. The van der Waals surface area contributed by atoms with E-state index < -0.39 is 23.0 Å². The molecule has 1 aliphatic carbocycles. The van der Waals surface area contributed by atoms with Crippen molar-refractivity contribution in [3.63, 3.8) is 0 Å². The van der Waals surface area contributed by atoms with E-state index in [4.69, 9.17) is 10.5 Å². The van der Waals surface area contributed by atoms with E-state index in [1.54, 1.807) is 48.6 Å². The molecule has 2 amide bonds. The number of carbonyl (C=O) groups excluding carboxylic acids is 3. The lowest BCUT2D eigenvalue weighted by Crippen LogP contribution is -2.35. The van der Waals surface area contributed by atoms with Gasteiger partial charge in [0.25, 0.3) is 0 Å². The van der Waals surface area contributed by atoms with Crippen molar-refractivity contribution >= 4 is 56.7 Å². The van der Waals surface area contributed by atoms with E-state index >= 15 is 4.39 Å². The first kappa shape index (κ1) is 27.5. The molecule has 0 bridgehead atoms. The molecule has 4 N–H and O–H groups in total. The number of benzene rings is 2. The van der Waals surface area contributed by atoms with E-state index in [2.05, 4.69) is 22.2 Å². The average Bonchev–Trinajstić information content (AvgIpc) is 3.68. The van der Waals surface area contributed by atoms with Gasteiger partial charge in [-0.1, -0.05) is 30.9 Å². The number of anilines is 2. The van der Waals surface area contributed by atoms with Crippen molar-refractivity contribution in [2.75, 3.05) is 10.6 Å². The van der Waals surface area contributed by atoms with E-state index in [1.165, 1.54) is 35.7 Å². The van der Waals surface area contributed by atoms with Gasteiger partial charge in [-0.25, -0.2) is 4.39 Å². The SMILES string of the molecule is C=C/C(C=O)=C\C=C(/N)c1cc2nccc(Oc3ccc(NC(=O)C4(C(=O)Nc5ccccc5)CC4)cc3F)c2s1. The van der Waals surface area contributed by atoms with Crippen LogP contribution in [-0.4, -0.2) is 23.1 Å². The van der Waals surface area contributed by atoms with Crippen LogP contribution < -0.4 is 21.1 Å². The van der Waals surface area contributed by atoms with Gasteiger partial charge in [0.05, 0.1) is 15.1 Å². The summed E-state index contributed by atoms with van der Waals surface area (Å²) < 4.78 is 21.6. The highest BCUT2D eigenvalue weighted by Gasteiger charge is 2.56. The number of hydrogen-bond acceptors (Lipinski definition) is 7. The maximum atomic E-state index is 15.1. The molecule has 1 aliphatic rings. The number of carbonyl (C=O) groups is 3. The van der Waals surface area contributed by atoms with Gasteiger partial charge in [-0.2, -0.15) is 0 Å². The van der Waals surface area contributed by atoms with Crippen LogP contribution in [-0.2, 0) is 14.4 Å². The van der Waals surface area contributed by atoms with Gasteiger partial charge in [-0.3, -0.25) is 19.4 Å². The fourth-order valence-electron chi connectivity index (χ4n) is 4.05. The maximum Gasteiger partial charge on any atom is 0.240 e. The molecule has 0 aliphatic heterocycles. The number of aromatic nitrogens is 1. The minimum absolute atomic E-state index is 0.0542. The second-order valence-electron chi connectivity index (χ2n) is 9.35. The Bertz CT molecular complexity index is 1710. The minimum Gasteiger partial charge on any atom is -0.453 e. The van der Waals surface area contributed by atoms with Crippen LogP contribution >= 0.6 is 11.3 Å². The summed E-state index contributed by atoms with van der Waals surface area (Å²) in [6, 6.07) is 16.3. The molecule has 2 heterocycles. The molecule has 41 heavy (non-hydrogen) atoms. The Morgan fingerprint density at radius 2 is 1.73 bits per heavy atom. The normalized spacial score (nSPS) is 14.3. The van der Waals surface area contributed by atoms with Crippen LogP contribution in [0.3, 0.4) is 0 Å². The van der Waals surface area contributed by atoms with Crippen LogP contribution in [0.2, 0.25) is 0 Å². The molecule has 0 unspecified atom stereocenters. The summed E-state index contributed by atoms with van der Waals surface area (Å²) in [6.07, 6.45) is 7.61. The number of halogens is 1. The monoisotopic (exact) mass is 568 g/mol. The quantitative estimate of drug-likeness (QED) is 0.0907. The van der Waals surface area contributed by atoms with Gasteiger partial charge in [-0.15, -0.1) is 11.3 Å². The van der Waals surface area contributed by atoms with Gasteiger partial charge in [0, 0.05) is 41.0 Å². The number of amides is 2. The summed E-state index contributed by atoms with van der Waals surface area (Å²) in [5.74, 6) is -1.26. The molecule has 0 radical (unpaired) electrons. The van der Waals surface area contributed by atoms with Crippen molar-refractivity contribution in [3.05, 3.63) is 108 Å². The zero-order valence-corrected chi connectivity index (χ0v) is 22.5. The van der Waals surface area contributed by atoms with Gasteiger partial charge in [0.2, 0.25) is 11.8 Å². The number of pyridine rings is 1. The highest BCUT2D eigenvalue weighted by molar-refractivity contribution is 7.20. The molecule has 0 atom stereocenters. The summed E-state index contributed by atoms with van der Waals surface area (Å²) in [5.41, 5.74) is 7.20. The Balaban J connectivity index is 1.30. The Morgan fingerprint density at radius 1 is 1.00 bits per heavy atom. The Hall–Kier alpha value is -5.09. The molecule has 10 heteroatoms. The van der Waals surface area contributed by atoms with E-state index in [-0.39, 0.29) is 11.4 Å². The molecular weight excluding hydrogens is 543 g/mol. The molecule has 5 rings (SSSR count). The molecule has 2 aromatic heterocycles. The number of nitrogens with one attached hydrogen (secondary N) is 2. The number of allylic oxidation sites excluding steroid dienone is 4. The molecule has 2 aromatic carbocycles. The smallest absolute Gasteiger partial charge is 0.240 e. The third-order valence-corrected chi connectivity index (χ3v) is 7.74. The number of rotatable bonds is 10. The number of ether oxygens (including phenoxy) is 1. The lowest BCUT2D eigenvalue weighted by molar-refractivity contribution is -0.131. The zero-order valence-electron chi connectivity index (χ0n) is 21.7. The topological polar surface area (TPSA) is 123 Å². The third kappa shape index (κ3) is 5.92. The van der Waals surface area contributed by atoms with E-state index in [0.717, 1.165) is 6.07 Å². The highest BCUT2D eigenvalue weighted by Crippen LogP contribution is 2.47. The number of para-hydroxylation sites is 1. The van der Waals surface area contributed by atoms with Crippen LogP contribution in [0.4, 0.5) is 15.8 Å². The largest absolute Gasteiger partial charge is 0.453 e. The summed E-state index contributed by atoms with van der Waals surface area (Å²) in [5, 5.41) is 5.43. The predicted molar refractivity (Wildman–Crippen MR) is 158 cm³/mol. The highest BCUT2D eigenvalue weighted by atomic mass is 32.1. The third-order valence-electron chi connectivity index (χ3n) is 6.55. The van der Waals surface area contributed by atoms with Gasteiger partial charge in [-0.05, 0) is 55.3 Å². The van der Waals surface area contributed by atoms with Gasteiger partial charge >= 0.3 is 0 Å². The number of nitrogens with two attached hydrogens (primary N) is 1. The van der Waals surface area contributed by atoms with E-state index in [1.807, 2.05) is 6.07 Å². The molecular formula is C31H25FN4O4S. The van der Waals surface area contributed by atoms with Gasteiger partial charge < -0.3 is 21.1 Å². The average molecular weight is 569 g/mol. The number of fused-ring (bicyclic) bond motifs is 1. The summed E-state index contributed by atoms with van der Waals surface area (Å²) in [6.45, 7) is 3.57. The van der Waals surface area contributed by atoms with Gasteiger partial charge in [0.15, 0.2) is 11.6 Å². The standard InChI is InChI=1S/C31H25FN4O4S/c1-2-19(18-37)8-10-23(33)27-17-24-28(41-27)26(12-15-34-24)40-25-11-9-21(16-22(25)32)36-30(39)31(13-14-31)29(38)35-20-6-4-3-5-7-20/h2-12,15-18H,1,13-14,33H2,(H,35,38)(H,36,39)/b19-8+,23-10-. The Kier molecular flexibility index (Phi) is 7.75. The van der Waals surface area contributed by atoms with Crippen molar-refractivity contribution in [1.82, 2.24) is 4.98 Å². The van der Waals surface area contributed by atoms with Crippen molar-refractivity contribution in [1.29, 1.82) is 0 Å². The summed E-state index contributed by atoms with van der Waals surface area (Å²) >= 11 is 1.31. The fourth-order valence-corrected chi connectivity index (χ4v) is 5.05. The van der Waals surface area contributed by atoms with Crippen LogP contribution in [0.1, 0.15) is 17.7 Å². The van der Waals surface area contributed by atoms with Crippen LogP contribution in [0.15, 0.2) is 97.2 Å². The lowest BCUT2D eigenvalue weighted by Gasteiger charge is -2.16. The Morgan fingerprint density at radius 3 is 2.39 bits per heavy atom. The predicted octanol–water partition coefficient (Wildman–Crippen LogP) is 6.20. The first-order valence-corrected chi connectivity index (χ1v) is 13.4. The number of nitrogens with zero attached hydrogens (tertiary/aromatic N) is 1. The fraction of sp³-hybridized carbons (Fsp3) is 0.0968. The van der Waals surface area contributed by atoms with E-state index in [0.29, 0.717) is 56.9 Å². The van der Waals surface area contributed by atoms with Crippen molar-refractivity contribution < 1.29 is 23.5 Å². The number of aldehydes is 1. The molecule has 4 aromatic rings. The first-order valence-electron chi connectivity index (χ1n) is 12.6. The van der Waals surface area contributed by atoms with Crippen LogP contribution in [0.5, 0.6) is 11.5 Å². The number of hydrogen-bond donors (Lipinski definition) is 3. The molecule has 206 valence electrons. The molecule has 8 nitrogen and oxygen atoms in total. The summed E-state index contributed by atoms with van der Waals surface area (Å²) in [4.78, 5) is 41.8. The van der Waals surface area contributed by atoms with Gasteiger partial charge in [0.1, 0.15) is 17.5 Å². The maximum absolute atomic E-state index is 15.1. The second kappa shape index (κ2) is 11.6. The first-order chi connectivity index (χ1) is 19.8. The molecule has 0 spiro atoms. The van der Waals surface area contributed by atoms with Crippen molar-refractivity contribution in [3.8, 4) is 11.5 Å². The van der Waals surface area contributed by atoms with Crippen LogP contribution in [0, 0.1) is 11.2 Å². The van der Waals surface area contributed by atoms with Crippen molar-refractivity contribution in [2.45, 2.75) is 12.8 Å². The zero-order chi connectivity index (χ0) is 29.0. The molecule has 1 saturated carbocycles. The van der Waals surface area contributed by atoms with Crippen molar-refractivity contribution in [2.24, 2.45) is 11.1 Å².